The van der Waals surface area contributed by atoms with E-state index in [0.717, 1.165) is 47.9 Å². The molecule has 2 fully saturated rings. The Morgan fingerprint density at radius 3 is 2.37 bits per heavy atom. The van der Waals surface area contributed by atoms with Gasteiger partial charge in [0.15, 0.2) is 0 Å². The predicted molar refractivity (Wildman–Crippen MR) is 209 cm³/mol. The lowest BCUT2D eigenvalue weighted by molar-refractivity contribution is -0.129. The number of sulfonamides is 1. The van der Waals surface area contributed by atoms with E-state index in [1.54, 1.807) is 30.3 Å². The van der Waals surface area contributed by atoms with Crippen molar-refractivity contribution in [2.24, 2.45) is 17.8 Å². The third kappa shape index (κ3) is 9.67. The van der Waals surface area contributed by atoms with Crippen LogP contribution in [0.4, 0.5) is 10.5 Å². The number of benzene rings is 3. The van der Waals surface area contributed by atoms with E-state index < -0.39 is 27.6 Å². The van der Waals surface area contributed by atoms with Crippen LogP contribution in [0.25, 0.3) is 22.2 Å². The first kappa shape index (κ1) is 39.0. The summed E-state index contributed by atoms with van der Waals surface area (Å²) in [6.45, 7) is 8.93. The van der Waals surface area contributed by atoms with E-state index in [1.165, 1.54) is 4.31 Å². The number of Topliss-reactive ketones (excluding diaryl/α,β-unsaturated/α-hetero) is 1. The molecule has 1 aromatic heterocycles. The quantitative estimate of drug-likeness (QED) is 0.125. The van der Waals surface area contributed by atoms with Crippen molar-refractivity contribution in [2.45, 2.75) is 89.6 Å². The molecule has 6 rings (SSSR count). The second kappa shape index (κ2) is 16.3. The molecule has 1 saturated heterocycles. The number of alkyl carbamates (subject to hydrolysis) is 1. The number of aromatic amines is 2. The van der Waals surface area contributed by atoms with Crippen molar-refractivity contribution >= 4 is 44.5 Å². The molecule has 0 radical (unpaired) electrons. The standard InChI is InChI=1S/C41H51N5O7S/c1-26-10-16-33(54(51,52)46-18-5-6-19-46)24-34(26)30-9-7-8-28(20-30)21-31(38(48)43-32-15-17-35-36(23-32)45-39(49)44-35)22-37(47)29-13-11-27(12-14-29)25-42-40(50)53-41(2,3)4/h7-10,15-17,20,23-24,27,29,31H,5-6,11-14,18-19,21-22,25H2,1-4H3,(H,42,50)(H,43,48)(H2,44,45,49)/t27?,29?,31-/m1/s1. The van der Waals surface area contributed by atoms with Crippen molar-refractivity contribution in [1.29, 1.82) is 0 Å². The van der Waals surface area contributed by atoms with Gasteiger partial charge in [-0.1, -0.05) is 30.3 Å². The van der Waals surface area contributed by atoms with Crippen LogP contribution in [0.3, 0.4) is 0 Å². The Labute approximate surface area is 316 Å². The number of nitrogens with zero attached hydrogens (tertiary/aromatic N) is 1. The van der Waals surface area contributed by atoms with Crippen LogP contribution in [0, 0.1) is 24.7 Å². The van der Waals surface area contributed by atoms with Gasteiger partial charge in [-0.25, -0.2) is 18.0 Å². The number of ether oxygens (including phenoxy) is 1. The summed E-state index contributed by atoms with van der Waals surface area (Å²) in [6.07, 6.45) is 4.52. The van der Waals surface area contributed by atoms with Gasteiger partial charge in [-0.05, 0) is 131 Å². The van der Waals surface area contributed by atoms with E-state index in [2.05, 4.69) is 20.6 Å². The lowest BCUT2D eigenvalue weighted by Crippen LogP contribution is -2.37. The Kier molecular flexibility index (Phi) is 11.8. The Bertz CT molecular complexity index is 2170. The number of carbonyl (C=O) groups is 3. The topological polar surface area (TPSA) is 171 Å². The Hall–Kier alpha value is -4.75. The average molecular weight is 758 g/mol. The number of aromatic nitrogens is 2. The fourth-order valence-electron chi connectivity index (χ4n) is 7.55. The van der Waals surface area contributed by atoms with Crippen LogP contribution in [0.2, 0.25) is 0 Å². The smallest absolute Gasteiger partial charge is 0.407 e. The molecule has 13 heteroatoms. The number of anilines is 1. The minimum absolute atomic E-state index is 0.0333. The molecule has 4 aromatic rings. The molecule has 1 aliphatic heterocycles. The number of fused-ring (bicyclic) bond motifs is 1. The third-order valence-corrected chi connectivity index (χ3v) is 12.4. The van der Waals surface area contributed by atoms with E-state index in [0.29, 0.717) is 49.2 Å². The zero-order chi connectivity index (χ0) is 38.6. The number of hydrogen-bond donors (Lipinski definition) is 4. The Balaban J connectivity index is 1.18. The van der Waals surface area contributed by atoms with Gasteiger partial charge in [0.25, 0.3) is 0 Å². The molecule has 12 nitrogen and oxygen atoms in total. The summed E-state index contributed by atoms with van der Waals surface area (Å²) in [5.74, 6) is -0.913. The third-order valence-electron chi connectivity index (χ3n) is 10.5. The Morgan fingerprint density at radius 1 is 0.926 bits per heavy atom. The van der Waals surface area contributed by atoms with Crippen LogP contribution < -0.4 is 16.3 Å². The molecule has 2 aliphatic rings. The number of amides is 2. The monoisotopic (exact) mass is 757 g/mol. The van der Waals surface area contributed by atoms with Crippen LogP contribution in [0.1, 0.15) is 76.8 Å². The minimum atomic E-state index is -3.61. The predicted octanol–water partition coefficient (Wildman–Crippen LogP) is 6.70. The van der Waals surface area contributed by atoms with Crippen LogP contribution >= 0.6 is 0 Å². The summed E-state index contributed by atoms with van der Waals surface area (Å²) >= 11 is 0. The number of carbonyl (C=O) groups excluding carboxylic acids is 3. The summed E-state index contributed by atoms with van der Waals surface area (Å²) in [5, 5.41) is 5.83. The van der Waals surface area contributed by atoms with Gasteiger partial charge in [-0.3, -0.25) is 9.59 Å². The van der Waals surface area contributed by atoms with Crippen molar-refractivity contribution < 1.29 is 27.5 Å². The van der Waals surface area contributed by atoms with Gasteiger partial charge in [0.2, 0.25) is 15.9 Å². The number of ketones is 1. The van der Waals surface area contributed by atoms with E-state index in [1.807, 2.05) is 58.0 Å². The maximum Gasteiger partial charge on any atom is 0.407 e. The van der Waals surface area contributed by atoms with Crippen LogP contribution in [-0.2, 0) is 30.8 Å². The second-order valence-corrected chi connectivity index (χ2v) is 17.7. The van der Waals surface area contributed by atoms with Gasteiger partial charge in [-0.2, -0.15) is 4.31 Å². The number of H-pyrrole nitrogens is 2. The first-order valence-electron chi connectivity index (χ1n) is 18.9. The van der Waals surface area contributed by atoms with E-state index in [4.69, 9.17) is 4.74 Å². The summed E-state index contributed by atoms with van der Waals surface area (Å²) in [6, 6.07) is 18.1. The molecular weight excluding hydrogens is 707 g/mol. The average Bonchev–Trinajstić information content (AvgIpc) is 3.80. The summed E-state index contributed by atoms with van der Waals surface area (Å²) < 4.78 is 33.7. The summed E-state index contributed by atoms with van der Waals surface area (Å²) in [4.78, 5) is 57.5. The van der Waals surface area contributed by atoms with E-state index in [9.17, 15) is 27.6 Å². The highest BCUT2D eigenvalue weighted by atomic mass is 32.2. The van der Waals surface area contributed by atoms with E-state index >= 15 is 0 Å². The molecule has 3 aromatic carbocycles. The molecule has 0 unspecified atom stereocenters. The van der Waals surface area contributed by atoms with Gasteiger partial charge in [-0.15, -0.1) is 0 Å². The summed E-state index contributed by atoms with van der Waals surface area (Å²) in [5.41, 5.74) is 4.13. The number of hydrogen-bond acceptors (Lipinski definition) is 7. The van der Waals surface area contributed by atoms with Crippen molar-refractivity contribution in [3.8, 4) is 11.1 Å². The zero-order valence-electron chi connectivity index (χ0n) is 31.5. The molecular formula is C41H51N5O7S. The lowest BCUT2D eigenvalue weighted by atomic mass is 9.77. The number of imidazole rings is 1. The molecule has 2 amide bonds. The number of aryl methyl sites for hydroxylation is 1. The fraction of sp³-hybridized carbons (Fsp3) is 0.463. The second-order valence-electron chi connectivity index (χ2n) is 15.8. The molecule has 2 heterocycles. The highest BCUT2D eigenvalue weighted by Gasteiger charge is 2.31. The van der Waals surface area contributed by atoms with Crippen LogP contribution in [-0.4, -0.2) is 65.7 Å². The molecule has 4 N–H and O–H groups in total. The minimum Gasteiger partial charge on any atom is -0.444 e. The van der Waals surface area contributed by atoms with Gasteiger partial charge < -0.3 is 25.3 Å². The van der Waals surface area contributed by atoms with Crippen LogP contribution in [0.15, 0.2) is 70.4 Å². The highest BCUT2D eigenvalue weighted by molar-refractivity contribution is 7.89. The molecule has 0 bridgehead atoms. The van der Waals surface area contributed by atoms with Crippen molar-refractivity contribution in [2.75, 3.05) is 25.0 Å². The lowest BCUT2D eigenvalue weighted by Gasteiger charge is -2.29. The molecule has 288 valence electrons. The normalized spacial score (nSPS) is 18.7. The first-order valence-corrected chi connectivity index (χ1v) is 20.3. The van der Waals surface area contributed by atoms with Gasteiger partial charge >= 0.3 is 11.8 Å². The zero-order valence-corrected chi connectivity index (χ0v) is 32.3. The van der Waals surface area contributed by atoms with Gasteiger partial charge in [0, 0.05) is 43.6 Å². The van der Waals surface area contributed by atoms with E-state index in [-0.39, 0.29) is 47.0 Å². The van der Waals surface area contributed by atoms with Gasteiger partial charge in [0.1, 0.15) is 11.4 Å². The maximum atomic E-state index is 14.0. The molecule has 1 aliphatic carbocycles. The fourth-order valence-corrected chi connectivity index (χ4v) is 9.10. The molecule has 54 heavy (non-hydrogen) atoms. The highest BCUT2D eigenvalue weighted by Crippen LogP contribution is 2.33. The number of rotatable bonds is 12. The SMILES string of the molecule is Cc1ccc(S(=O)(=O)N2CCCC2)cc1-c1cccc(C[C@H](CC(=O)C2CCC(CNC(=O)OC(C)(C)C)CC2)C(=O)Nc2ccc3[nH]c(=O)[nH]c3c2)c1. The van der Waals surface area contributed by atoms with Gasteiger partial charge in [0.05, 0.1) is 15.9 Å². The Morgan fingerprint density at radius 2 is 1.65 bits per heavy atom. The van der Waals surface area contributed by atoms with Crippen LogP contribution in [0.5, 0.6) is 0 Å². The maximum absolute atomic E-state index is 14.0. The molecule has 0 spiro atoms. The molecule has 1 saturated carbocycles. The summed E-state index contributed by atoms with van der Waals surface area (Å²) in [7, 11) is -3.61. The van der Waals surface area contributed by atoms with Crippen molar-refractivity contribution in [3.05, 3.63) is 82.3 Å². The number of nitrogens with one attached hydrogen (secondary N) is 4. The largest absolute Gasteiger partial charge is 0.444 e. The van der Waals surface area contributed by atoms with Crippen molar-refractivity contribution in [3.63, 3.8) is 0 Å². The van der Waals surface area contributed by atoms with Crippen molar-refractivity contribution in [1.82, 2.24) is 19.6 Å². The molecule has 1 atom stereocenters. The first-order chi connectivity index (χ1) is 25.6.